The summed E-state index contributed by atoms with van der Waals surface area (Å²) in [4.78, 5) is 3.27. The van der Waals surface area contributed by atoms with E-state index in [-0.39, 0.29) is 22.3 Å². The van der Waals surface area contributed by atoms with Crippen LogP contribution < -0.4 is 0 Å². The van der Waals surface area contributed by atoms with Gasteiger partial charge >= 0.3 is 0 Å². The van der Waals surface area contributed by atoms with Gasteiger partial charge in [-0.2, -0.15) is 4.39 Å². The van der Waals surface area contributed by atoms with Crippen LogP contribution in [0.4, 0.5) is 4.39 Å². The van der Waals surface area contributed by atoms with E-state index in [4.69, 9.17) is 0 Å². The van der Waals surface area contributed by atoms with E-state index in [1.54, 1.807) is 5.38 Å². The fraction of sp³-hybridized carbons (Fsp3) is 0. The van der Waals surface area contributed by atoms with E-state index in [0.29, 0.717) is 0 Å². The van der Waals surface area contributed by atoms with Crippen LogP contribution in [0, 0.1) is 5.26 Å². The summed E-state index contributed by atoms with van der Waals surface area (Å²) in [5.41, 5.74) is 0. The molecule has 0 aliphatic carbocycles. The molecule has 7 heavy (non-hydrogen) atoms. The Kier molecular flexibility index (Phi) is 3.17. The van der Waals surface area contributed by atoms with Crippen molar-refractivity contribution in [2.24, 2.45) is 0 Å². The SMILES string of the molecule is Fc1nccs1.[Cu]. The van der Waals surface area contributed by atoms with Crippen molar-refractivity contribution in [3.8, 4) is 0 Å². The molecule has 0 atom stereocenters. The van der Waals surface area contributed by atoms with Crippen molar-refractivity contribution in [1.29, 1.82) is 0 Å². The molecule has 1 nitrogen and oxygen atoms in total. The van der Waals surface area contributed by atoms with Gasteiger partial charge in [-0.1, -0.05) is 11.3 Å². The molecule has 0 bridgehead atoms. The maximum atomic E-state index is 11.6. The van der Waals surface area contributed by atoms with E-state index in [0.717, 1.165) is 11.3 Å². The molecule has 0 spiro atoms. The Balaban J connectivity index is 0.000000360. The second-order valence-corrected chi connectivity index (χ2v) is 1.63. The maximum absolute atomic E-state index is 11.6. The number of thiazole rings is 1. The van der Waals surface area contributed by atoms with E-state index in [1.165, 1.54) is 6.20 Å². The van der Waals surface area contributed by atoms with Crippen LogP contribution in [0.2, 0.25) is 0 Å². The first-order valence-corrected chi connectivity index (χ1v) is 2.32. The molecule has 0 amide bonds. The van der Waals surface area contributed by atoms with Crippen LogP contribution in [0.5, 0.6) is 0 Å². The first-order chi connectivity index (χ1) is 2.89. The van der Waals surface area contributed by atoms with Gasteiger partial charge in [0.25, 0.3) is 5.26 Å². The van der Waals surface area contributed by atoms with Crippen LogP contribution in [0.3, 0.4) is 0 Å². The van der Waals surface area contributed by atoms with Crippen LogP contribution in [0.15, 0.2) is 11.6 Å². The number of hydrogen-bond donors (Lipinski definition) is 0. The number of hydrogen-bond acceptors (Lipinski definition) is 2. The van der Waals surface area contributed by atoms with Crippen molar-refractivity contribution in [1.82, 2.24) is 4.98 Å². The smallest absolute Gasteiger partial charge is 0.218 e. The molecular formula is C3H2CuFNS. The van der Waals surface area contributed by atoms with Crippen molar-refractivity contribution >= 4 is 11.3 Å². The van der Waals surface area contributed by atoms with Crippen LogP contribution in [-0.2, 0) is 17.1 Å². The normalized spacial score (nSPS) is 7.57. The number of rotatable bonds is 0. The predicted octanol–water partition coefficient (Wildman–Crippen LogP) is 1.28. The average Bonchev–Trinajstić information content (AvgIpc) is 1.86. The molecule has 1 heterocycles. The topological polar surface area (TPSA) is 12.9 Å². The monoisotopic (exact) mass is 166 g/mol. The van der Waals surface area contributed by atoms with E-state index >= 15 is 0 Å². The summed E-state index contributed by atoms with van der Waals surface area (Å²) in [7, 11) is 0. The van der Waals surface area contributed by atoms with Crippen molar-refractivity contribution in [2.45, 2.75) is 0 Å². The Bertz CT molecular complexity index is 118. The second kappa shape index (κ2) is 3.13. The molecule has 1 aromatic rings. The fourth-order valence-electron chi connectivity index (χ4n) is 0.206. The summed E-state index contributed by atoms with van der Waals surface area (Å²) < 4.78 is 11.6. The minimum atomic E-state index is -0.366. The molecule has 1 rings (SSSR count). The number of nitrogens with zero attached hydrogens (tertiary/aromatic N) is 1. The van der Waals surface area contributed by atoms with Gasteiger partial charge in [-0.15, -0.1) is 0 Å². The van der Waals surface area contributed by atoms with Gasteiger partial charge < -0.3 is 0 Å². The molecule has 0 aromatic carbocycles. The van der Waals surface area contributed by atoms with Crippen molar-refractivity contribution in [3.63, 3.8) is 0 Å². The predicted molar refractivity (Wildman–Crippen MR) is 22.1 cm³/mol. The summed E-state index contributed by atoms with van der Waals surface area (Å²) >= 11 is 1.000. The van der Waals surface area contributed by atoms with E-state index in [9.17, 15) is 4.39 Å². The van der Waals surface area contributed by atoms with Gasteiger partial charge in [-0.25, -0.2) is 4.98 Å². The first-order valence-electron chi connectivity index (χ1n) is 1.44. The zero-order valence-electron chi connectivity index (χ0n) is 3.19. The van der Waals surface area contributed by atoms with E-state index in [1.807, 2.05) is 0 Å². The van der Waals surface area contributed by atoms with Gasteiger partial charge in [0.2, 0.25) is 0 Å². The van der Waals surface area contributed by atoms with Crippen molar-refractivity contribution in [2.75, 3.05) is 0 Å². The van der Waals surface area contributed by atoms with Crippen LogP contribution in [0.1, 0.15) is 0 Å². The molecule has 0 unspecified atom stereocenters. The Morgan fingerprint density at radius 1 is 1.71 bits per heavy atom. The molecule has 0 saturated heterocycles. The molecule has 0 aliphatic heterocycles. The summed E-state index contributed by atoms with van der Waals surface area (Å²) in [5, 5.41) is 1.23. The maximum Gasteiger partial charge on any atom is 0.268 e. The largest absolute Gasteiger partial charge is 0.268 e. The van der Waals surface area contributed by atoms with Gasteiger partial charge in [-0.05, 0) is 0 Å². The third-order valence-corrected chi connectivity index (χ3v) is 0.960. The van der Waals surface area contributed by atoms with E-state index in [2.05, 4.69) is 4.98 Å². The summed E-state index contributed by atoms with van der Waals surface area (Å²) in [6.45, 7) is 0. The standard InChI is InChI=1S/C3H2FNS.Cu/c4-3-5-1-2-6-3;/h1-2H;. The van der Waals surface area contributed by atoms with Crippen molar-refractivity contribution < 1.29 is 21.5 Å². The van der Waals surface area contributed by atoms with Crippen LogP contribution in [-0.4, -0.2) is 4.98 Å². The molecule has 1 aromatic heterocycles. The molecule has 0 fully saturated rings. The van der Waals surface area contributed by atoms with Gasteiger partial charge in [0, 0.05) is 28.6 Å². The molecular weight excluding hydrogens is 165 g/mol. The average molecular weight is 167 g/mol. The zero-order chi connectivity index (χ0) is 4.41. The Morgan fingerprint density at radius 3 is 2.57 bits per heavy atom. The Labute approximate surface area is 55.1 Å². The third kappa shape index (κ3) is 2.02. The Hall–Kier alpha value is 0.0795. The minimum absolute atomic E-state index is 0. The third-order valence-electron chi connectivity index (χ3n) is 0.402. The number of halogens is 1. The zero-order valence-corrected chi connectivity index (χ0v) is 4.95. The molecule has 4 heteroatoms. The van der Waals surface area contributed by atoms with Crippen LogP contribution >= 0.6 is 11.3 Å². The fourth-order valence-corrected chi connectivity index (χ4v) is 0.562. The van der Waals surface area contributed by atoms with Gasteiger partial charge in [0.05, 0.1) is 0 Å². The molecule has 0 saturated carbocycles. The number of aromatic nitrogens is 1. The molecule has 0 aliphatic rings. The summed E-state index contributed by atoms with van der Waals surface area (Å²) in [6, 6.07) is 0. The van der Waals surface area contributed by atoms with Crippen LogP contribution in [0.25, 0.3) is 0 Å². The van der Waals surface area contributed by atoms with Crippen molar-refractivity contribution in [3.05, 3.63) is 16.8 Å². The summed E-state index contributed by atoms with van der Waals surface area (Å²) in [5.74, 6) is 0. The quantitative estimate of drug-likeness (QED) is 0.530. The second-order valence-electron chi connectivity index (χ2n) is 0.785. The van der Waals surface area contributed by atoms with Gasteiger partial charge in [0.1, 0.15) is 0 Å². The van der Waals surface area contributed by atoms with Gasteiger partial charge in [0.15, 0.2) is 0 Å². The molecule has 43 valence electrons. The Morgan fingerprint density at radius 2 is 2.43 bits per heavy atom. The van der Waals surface area contributed by atoms with E-state index < -0.39 is 0 Å². The van der Waals surface area contributed by atoms with Gasteiger partial charge in [-0.3, -0.25) is 0 Å². The minimum Gasteiger partial charge on any atom is -0.218 e. The summed E-state index contributed by atoms with van der Waals surface area (Å²) in [6.07, 6.45) is 1.43. The first kappa shape index (κ1) is 7.08. The molecule has 0 N–H and O–H groups in total. The molecule has 1 radical (unpaired) electrons.